The predicted molar refractivity (Wildman–Crippen MR) is 93.5 cm³/mol. The van der Waals surface area contributed by atoms with Crippen LogP contribution in [-0.2, 0) is 16.0 Å². The molecule has 0 aromatic heterocycles. The fourth-order valence-corrected chi connectivity index (χ4v) is 4.15. The standard InChI is InChI=1S/C19H28N2O3/c1-2-24-17-13-16(22)19(17)9-11-21(12-10-19)18(23)8-7-14-5-3-4-6-15(14)20/h3-6,16-17,22H,2,7-13,20H2,1H3. The Balaban J connectivity index is 1.51. The number of para-hydroxylation sites is 1. The second-order valence-electron chi connectivity index (χ2n) is 7.01. The number of hydrogen-bond acceptors (Lipinski definition) is 4. The molecule has 1 amide bonds. The molecule has 132 valence electrons. The van der Waals surface area contributed by atoms with E-state index in [9.17, 15) is 9.90 Å². The maximum Gasteiger partial charge on any atom is 0.222 e. The van der Waals surface area contributed by atoms with Gasteiger partial charge in [0.1, 0.15) is 0 Å². The normalized spacial score (nSPS) is 25.5. The lowest BCUT2D eigenvalue weighted by atomic mass is 9.58. The number of anilines is 1. The first-order chi connectivity index (χ1) is 11.6. The van der Waals surface area contributed by atoms with Crippen molar-refractivity contribution in [2.24, 2.45) is 5.41 Å². The molecule has 2 aliphatic rings. The van der Waals surface area contributed by atoms with Gasteiger partial charge in [0.2, 0.25) is 5.91 Å². The molecule has 1 heterocycles. The average Bonchev–Trinajstić information content (AvgIpc) is 2.61. The van der Waals surface area contributed by atoms with Crippen molar-refractivity contribution in [3.63, 3.8) is 0 Å². The summed E-state index contributed by atoms with van der Waals surface area (Å²) in [6.07, 6.45) is 3.43. The minimum absolute atomic E-state index is 0.128. The van der Waals surface area contributed by atoms with E-state index in [2.05, 4.69) is 0 Å². The van der Waals surface area contributed by atoms with Gasteiger partial charge in [-0.3, -0.25) is 4.79 Å². The van der Waals surface area contributed by atoms with E-state index in [0.717, 1.165) is 30.5 Å². The van der Waals surface area contributed by atoms with Gasteiger partial charge in [0.05, 0.1) is 12.2 Å². The van der Waals surface area contributed by atoms with Crippen LogP contribution in [0.3, 0.4) is 0 Å². The summed E-state index contributed by atoms with van der Waals surface area (Å²) in [5.74, 6) is 0.176. The Hall–Kier alpha value is -1.59. The van der Waals surface area contributed by atoms with Gasteiger partial charge in [-0.1, -0.05) is 18.2 Å². The molecule has 1 aliphatic carbocycles. The van der Waals surface area contributed by atoms with E-state index >= 15 is 0 Å². The fraction of sp³-hybridized carbons (Fsp3) is 0.632. The molecule has 1 aromatic rings. The highest BCUT2D eigenvalue weighted by atomic mass is 16.5. The average molecular weight is 332 g/mol. The number of carbonyl (C=O) groups is 1. The molecule has 5 heteroatoms. The summed E-state index contributed by atoms with van der Waals surface area (Å²) in [4.78, 5) is 14.4. The third-order valence-electron chi connectivity index (χ3n) is 5.82. The van der Waals surface area contributed by atoms with Crippen molar-refractivity contribution in [3.8, 4) is 0 Å². The SMILES string of the molecule is CCOC1CC(O)C12CCN(C(=O)CCc1ccccc1N)CC2. The van der Waals surface area contributed by atoms with Crippen LogP contribution in [0.1, 0.15) is 38.2 Å². The molecule has 1 aliphatic heterocycles. The molecule has 3 rings (SSSR count). The Labute approximate surface area is 143 Å². The van der Waals surface area contributed by atoms with E-state index in [0.29, 0.717) is 32.5 Å². The van der Waals surface area contributed by atoms with Gasteiger partial charge in [0.15, 0.2) is 0 Å². The Morgan fingerprint density at radius 1 is 1.38 bits per heavy atom. The predicted octanol–water partition coefficient (Wildman–Crippen LogP) is 1.98. The van der Waals surface area contributed by atoms with Crippen molar-refractivity contribution in [2.75, 3.05) is 25.4 Å². The second kappa shape index (κ2) is 7.11. The molecule has 2 atom stereocenters. The lowest BCUT2D eigenvalue weighted by Gasteiger charge is -2.56. The zero-order valence-electron chi connectivity index (χ0n) is 14.4. The number of likely N-dealkylation sites (tertiary alicyclic amines) is 1. The van der Waals surface area contributed by atoms with Gasteiger partial charge < -0.3 is 20.5 Å². The lowest BCUT2D eigenvalue weighted by molar-refractivity contribution is -0.210. The van der Waals surface area contributed by atoms with Crippen LogP contribution < -0.4 is 5.73 Å². The molecule has 24 heavy (non-hydrogen) atoms. The van der Waals surface area contributed by atoms with Crippen LogP contribution in [0.15, 0.2) is 24.3 Å². The number of amides is 1. The molecule has 0 bridgehead atoms. The van der Waals surface area contributed by atoms with Gasteiger partial charge in [-0.25, -0.2) is 0 Å². The summed E-state index contributed by atoms with van der Waals surface area (Å²) >= 11 is 0. The highest BCUT2D eigenvalue weighted by Gasteiger charge is 2.56. The minimum Gasteiger partial charge on any atom is -0.399 e. The van der Waals surface area contributed by atoms with Crippen molar-refractivity contribution in [1.29, 1.82) is 0 Å². The number of nitrogens with two attached hydrogens (primary N) is 1. The van der Waals surface area contributed by atoms with Crippen molar-refractivity contribution in [2.45, 2.75) is 51.2 Å². The lowest BCUT2D eigenvalue weighted by Crippen LogP contribution is -2.62. The number of benzene rings is 1. The number of aryl methyl sites for hydroxylation is 1. The quantitative estimate of drug-likeness (QED) is 0.809. The third-order valence-corrected chi connectivity index (χ3v) is 5.82. The number of aliphatic hydroxyl groups excluding tert-OH is 1. The topological polar surface area (TPSA) is 75.8 Å². The van der Waals surface area contributed by atoms with Gasteiger partial charge in [-0.05, 0) is 37.8 Å². The van der Waals surface area contributed by atoms with Crippen LogP contribution in [0.5, 0.6) is 0 Å². The van der Waals surface area contributed by atoms with Crippen molar-refractivity contribution in [1.82, 2.24) is 4.90 Å². The van der Waals surface area contributed by atoms with Crippen LogP contribution in [-0.4, -0.2) is 47.8 Å². The third kappa shape index (κ3) is 3.15. The molecule has 2 fully saturated rings. The maximum absolute atomic E-state index is 12.5. The number of rotatable bonds is 5. The number of piperidine rings is 1. The molecular weight excluding hydrogens is 304 g/mol. The van der Waals surface area contributed by atoms with Gasteiger partial charge >= 0.3 is 0 Å². The maximum atomic E-state index is 12.5. The van der Waals surface area contributed by atoms with Crippen molar-refractivity contribution < 1.29 is 14.6 Å². The van der Waals surface area contributed by atoms with E-state index < -0.39 is 0 Å². The molecule has 1 spiro atoms. The first-order valence-electron chi connectivity index (χ1n) is 8.97. The number of ether oxygens (including phenoxy) is 1. The summed E-state index contributed by atoms with van der Waals surface area (Å²) in [5, 5.41) is 10.2. The van der Waals surface area contributed by atoms with Gasteiger partial charge in [0.25, 0.3) is 0 Å². The summed E-state index contributed by atoms with van der Waals surface area (Å²) in [6, 6.07) is 7.71. The van der Waals surface area contributed by atoms with Gasteiger partial charge in [-0.2, -0.15) is 0 Å². The summed E-state index contributed by atoms with van der Waals surface area (Å²) in [7, 11) is 0. The highest BCUT2D eigenvalue weighted by Crippen LogP contribution is 2.50. The smallest absolute Gasteiger partial charge is 0.222 e. The number of nitrogen functional groups attached to an aromatic ring is 1. The van der Waals surface area contributed by atoms with Crippen molar-refractivity contribution in [3.05, 3.63) is 29.8 Å². The Morgan fingerprint density at radius 2 is 2.08 bits per heavy atom. The van der Waals surface area contributed by atoms with Crippen molar-refractivity contribution >= 4 is 11.6 Å². The van der Waals surface area contributed by atoms with Crippen LogP contribution in [0, 0.1) is 5.41 Å². The van der Waals surface area contributed by atoms with Gasteiger partial charge in [-0.15, -0.1) is 0 Å². The molecule has 1 saturated heterocycles. The van der Waals surface area contributed by atoms with Crippen LogP contribution >= 0.6 is 0 Å². The zero-order valence-corrected chi connectivity index (χ0v) is 14.4. The van der Waals surface area contributed by atoms with Gasteiger partial charge in [0, 0.05) is 43.6 Å². The number of nitrogens with zero attached hydrogens (tertiary/aromatic N) is 1. The first-order valence-corrected chi connectivity index (χ1v) is 8.97. The summed E-state index contributed by atoms with van der Waals surface area (Å²) in [6.45, 7) is 4.10. The van der Waals surface area contributed by atoms with E-state index in [1.165, 1.54) is 0 Å². The zero-order chi connectivity index (χ0) is 17.2. The molecule has 5 nitrogen and oxygen atoms in total. The molecule has 0 radical (unpaired) electrons. The van der Waals surface area contributed by atoms with Crippen LogP contribution in [0.2, 0.25) is 0 Å². The molecular formula is C19H28N2O3. The minimum atomic E-state index is -0.282. The van der Waals surface area contributed by atoms with E-state index in [1.54, 1.807) is 0 Å². The fourth-order valence-electron chi connectivity index (χ4n) is 4.15. The Morgan fingerprint density at radius 3 is 2.71 bits per heavy atom. The number of hydrogen-bond donors (Lipinski definition) is 2. The molecule has 3 N–H and O–H groups in total. The molecule has 2 unspecified atom stereocenters. The largest absolute Gasteiger partial charge is 0.399 e. The number of carbonyl (C=O) groups excluding carboxylic acids is 1. The van der Waals surface area contributed by atoms with E-state index in [4.69, 9.17) is 10.5 Å². The summed E-state index contributed by atoms with van der Waals surface area (Å²) < 4.78 is 5.78. The second-order valence-corrected chi connectivity index (χ2v) is 7.01. The highest BCUT2D eigenvalue weighted by molar-refractivity contribution is 5.76. The monoisotopic (exact) mass is 332 g/mol. The Kier molecular flexibility index (Phi) is 5.11. The van der Waals surface area contributed by atoms with Crippen LogP contribution in [0.4, 0.5) is 5.69 Å². The summed E-state index contributed by atoms with van der Waals surface area (Å²) in [5.41, 5.74) is 7.59. The first kappa shape index (κ1) is 17.2. The van der Waals surface area contributed by atoms with E-state index in [1.807, 2.05) is 36.1 Å². The van der Waals surface area contributed by atoms with E-state index in [-0.39, 0.29) is 23.5 Å². The molecule has 1 aromatic carbocycles. The Bertz CT molecular complexity index is 580. The van der Waals surface area contributed by atoms with Crippen LogP contribution in [0.25, 0.3) is 0 Å². The number of aliphatic hydroxyl groups is 1. The molecule has 1 saturated carbocycles.